The Hall–Kier alpha value is -1.81. The molecule has 0 aliphatic heterocycles. The fraction of sp³-hybridized carbons (Fsp3) is 0.333. The molecule has 1 aromatic heterocycles. The maximum Gasteiger partial charge on any atom is 0.148 e. The summed E-state index contributed by atoms with van der Waals surface area (Å²) in [5.41, 5.74) is 1.98. The highest BCUT2D eigenvalue weighted by Gasteiger charge is 2.05. The van der Waals surface area contributed by atoms with E-state index in [0.29, 0.717) is 24.0 Å². The molecule has 20 heavy (non-hydrogen) atoms. The van der Waals surface area contributed by atoms with Gasteiger partial charge in [0.25, 0.3) is 0 Å². The average Bonchev–Trinajstić information content (AvgIpc) is 2.48. The fourth-order valence-corrected chi connectivity index (χ4v) is 2.01. The minimum atomic E-state index is 0.552. The summed E-state index contributed by atoms with van der Waals surface area (Å²) in [4.78, 5) is 8.13. The van der Waals surface area contributed by atoms with Crippen molar-refractivity contribution in [1.29, 1.82) is 0 Å². The van der Waals surface area contributed by atoms with Gasteiger partial charge in [-0.15, -0.1) is 0 Å². The van der Waals surface area contributed by atoms with Crippen molar-refractivity contribution >= 4 is 17.4 Å². The second-order valence-corrected chi connectivity index (χ2v) is 4.74. The number of hydrogen-bond acceptors (Lipinski definition) is 4. The number of benzene rings is 1. The maximum absolute atomic E-state index is 6.11. The van der Waals surface area contributed by atoms with Crippen LogP contribution in [0.1, 0.15) is 18.2 Å². The Labute approximate surface area is 124 Å². The molecule has 0 saturated carbocycles. The zero-order valence-corrected chi connectivity index (χ0v) is 12.4. The lowest BCUT2D eigenvalue weighted by Gasteiger charge is -2.11. The third kappa shape index (κ3) is 3.61. The Morgan fingerprint density at radius 3 is 2.85 bits per heavy atom. The summed E-state index contributed by atoms with van der Waals surface area (Å²) in [6, 6.07) is 8.06. The molecule has 2 rings (SSSR count). The Bertz CT molecular complexity index is 575. The molecule has 4 nitrogen and oxygen atoms in total. The number of halogens is 1. The Morgan fingerprint density at radius 2 is 2.05 bits per heavy atom. The van der Waals surface area contributed by atoms with Crippen LogP contribution in [0.4, 0.5) is 5.82 Å². The Morgan fingerprint density at radius 1 is 1.25 bits per heavy atom. The Balaban J connectivity index is 1.86. The van der Waals surface area contributed by atoms with Crippen LogP contribution in [0.25, 0.3) is 0 Å². The van der Waals surface area contributed by atoms with Crippen molar-refractivity contribution < 1.29 is 4.74 Å². The van der Waals surface area contributed by atoms with E-state index in [0.717, 1.165) is 17.9 Å². The van der Waals surface area contributed by atoms with Crippen molar-refractivity contribution in [3.05, 3.63) is 46.9 Å². The summed E-state index contributed by atoms with van der Waals surface area (Å²) in [5.74, 6) is 1.58. The van der Waals surface area contributed by atoms with Crippen molar-refractivity contribution in [2.45, 2.75) is 20.3 Å². The van der Waals surface area contributed by atoms with Crippen molar-refractivity contribution in [1.82, 2.24) is 9.97 Å². The van der Waals surface area contributed by atoms with Gasteiger partial charge in [-0.05, 0) is 25.0 Å². The van der Waals surface area contributed by atoms with Crippen molar-refractivity contribution in [3.8, 4) is 5.75 Å². The average molecular weight is 292 g/mol. The number of anilines is 1. The molecule has 1 N–H and O–H groups in total. The third-order valence-corrected chi connectivity index (χ3v) is 3.42. The normalized spacial score (nSPS) is 10.3. The van der Waals surface area contributed by atoms with Crippen LogP contribution in [-0.2, 0) is 6.42 Å². The number of nitrogens with one attached hydrogen (secondary N) is 1. The van der Waals surface area contributed by atoms with Crippen LogP contribution >= 0.6 is 11.6 Å². The van der Waals surface area contributed by atoms with Gasteiger partial charge in [0.1, 0.15) is 29.5 Å². The minimum Gasteiger partial charge on any atom is -0.491 e. The summed E-state index contributed by atoms with van der Waals surface area (Å²) in [7, 11) is 0. The van der Waals surface area contributed by atoms with E-state index < -0.39 is 0 Å². The van der Waals surface area contributed by atoms with Gasteiger partial charge >= 0.3 is 0 Å². The molecule has 5 heteroatoms. The molecule has 2 aromatic rings. The molecule has 106 valence electrons. The van der Waals surface area contributed by atoms with Crippen molar-refractivity contribution in [3.63, 3.8) is 0 Å². The van der Waals surface area contributed by atoms with E-state index in [9.17, 15) is 0 Å². The second-order valence-electron chi connectivity index (χ2n) is 4.36. The molecule has 0 unspecified atom stereocenters. The number of rotatable bonds is 6. The third-order valence-electron chi connectivity index (χ3n) is 2.97. The van der Waals surface area contributed by atoms with Crippen LogP contribution in [0, 0.1) is 6.92 Å². The first kappa shape index (κ1) is 14.6. The Kier molecular flexibility index (Phi) is 5.18. The zero-order chi connectivity index (χ0) is 14.4. The van der Waals surface area contributed by atoms with Gasteiger partial charge in [-0.1, -0.05) is 36.7 Å². The summed E-state index contributed by atoms with van der Waals surface area (Å²) >= 11 is 6.11. The first-order chi connectivity index (χ1) is 9.72. The van der Waals surface area contributed by atoms with Gasteiger partial charge in [0.05, 0.1) is 12.2 Å². The lowest BCUT2D eigenvalue weighted by molar-refractivity contribution is 0.329. The van der Waals surface area contributed by atoms with E-state index in [-0.39, 0.29) is 0 Å². The van der Waals surface area contributed by atoms with Crippen molar-refractivity contribution in [2.24, 2.45) is 0 Å². The highest BCUT2D eigenvalue weighted by atomic mass is 35.5. The summed E-state index contributed by atoms with van der Waals surface area (Å²) in [6.07, 6.45) is 2.46. The molecule has 0 fully saturated rings. The van der Waals surface area contributed by atoms with Gasteiger partial charge in [-0.25, -0.2) is 9.97 Å². The van der Waals surface area contributed by atoms with E-state index in [2.05, 4.69) is 28.3 Å². The lowest BCUT2D eigenvalue weighted by Crippen LogP contribution is -2.13. The van der Waals surface area contributed by atoms with E-state index >= 15 is 0 Å². The molecule has 0 aliphatic rings. The number of hydrogen-bond donors (Lipinski definition) is 1. The van der Waals surface area contributed by atoms with Crippen LogP contribution in [0.2, 0.25) is 5.02 Å². The SMILES string of the molecule is CCc1ccccc1OCCNc1ncnc(C)c1Cl. The zero-order valence-electron chi connectivity index (χ0n) is 11.7. The molecular formula is C15H18ClN3O. The maximum atomic E-state index is 6.11. The van der Waals surface area contributed by atoms with Crippen LogP contribution in [0.15, 0.2) is 30.6 Å². The molecule has 0 spiro atoms. The molecule has 1 aromatic carbocycles. The van der Waals surface area contributed by atoms with Crippen LogP contribution in [-0.4, -0.2) is 23.1 Å². The molecule has 0 saturated heterocycles. The minimum absolute atomic E-state index is 0.552. The molecule has 0 aliphatic carbocycles. The highest BCUT2D eigenvalue weighted by Crippen LogP contribution is 2.21. The first-order valence-corrected chi connectivity index (χ1v) is 7.01. The molecule has 0 radical (unpaired) electrons. The quantitative estimate of drug-likeness (QED) is 0.828. The molecule has 0 bridgehead atoms. The van der Waals surface area contributed by atoms with E-state index in [1.54, 1.807) is 0 Å². The molecule has 0 atom stereocenters. The highest BCUT2D eigenvalue weighted by molar-refractivity contribution is 6.33. The fourth-order valence-electron chi connectivity index (χ4n) is 1.85. The van der Waals surface area contributed by atoms with E-state index in [1.165, 1.54) is 11.9 Å². The molecule has 1 heterocycles. The van der Waals surface area contributed by atoms with Gasteiger partial charge in [-0.3, -0.25) is 0 Å². The van der Waals surface area contributed by atoms with Gasteiger partial charge < -0.3 is 10.1 Å². The standard InChI is InChI=1S/C15H18ClN3O/c1-3-12-6-4-5-7-13(12)20-9-8-17-15-14(16)11(2)18-10-19-15/h4-7,10H,3,8-9H2,1-2H3,(H,17,18,19). The largest absolute Gasteiger partial charge is 0.491 e. The van der Waals surface area contributed by atoms with E-state index in [4.69, 9.17) is 16.3 Å². The number of para-hydroxylation sites is 1. The van der Waals surface area contributed by atoms with Gasteiger partial charge in [-0.2, -0.15) is 0 Å². The number of ether oxygens (including phenoxy) is 1. The first-order valence-electron chi connectivity index (χ1n) is 6.64. The number of nitrogens with zero attached hydrogens (tertiary/aromatic N) is 2. The smallest absolute Gasteiger partial charge is 0.148 e. The van der Waals surface area contributed by atoms with Gasteiger partial charge in [0, 0.05) is 0 Å². The van der Waals surface area contributed by atoms with Gasteiger partial charge in [0.15, 0.2) is 0 Å². The topological polar surface area (TPSA) is 47.0 Å². The van der Waals surface area contributed by atoms with Crippen molar-refractivity contribution in [2.75, 3.05) is 18.5 Å². The number of aromatic nitrogens is 2. The summed E-state index contributed by atoms with van der Waals surface area (Å²) in [6.45, 7) is 5.15. The van der Waals surface area contributed by atoms with Crippen LogP contribution in [0.5, 0.6) is 5.75 Å². The van der Waals surface area contributed by atoms with Gasteiger partial charge in [0.2, 0.25) is 0 Å². The van der Waals surface area contributed by atoms with Crippen LogP contribution in [0.3, 0.4) is 0 Å². The number of aryl methyl sites for hydroxylation is 2. The molecule has 0 amide bonds. The summed E-state index contributed by atoms with van der Waals surface area (Å²) in [5, 5.41) is 3.71. The van der Waals surface area contributed by atoms with Crippen LogP contribution < -0.4 is 10.1 Å². The predicted molar refractivity (Wildman–Crippen MR) is 81.6 cm³/mol. The second kappa shape index (κ2) is 7.10. The molecular weight excluding hydrogens is 274 g/mol. The lowest BCUT2D eigenvalue weighted by atomic mass is 10.1. The monoisotopic (exact) mass is 291 g/mol. The predicted octanol–water partition coefficient (Wildman–Crippen LogP) is 3.49. The van der Waals surface area contributed by atoms with E-state index in [1.807, 2.05) is 25.1 Å². The summed E-state index contributed by atoms with van der Waals surface area (Å²) < 4.78 is 5.77.